The van der Waals surface area contributed by atoms with E-state index in [2.05, 4.69) is 20.4 Å². The first-order valence-corrected chi connectivity index (χ1v) is 9.11. The molecule has 4 N–H and O–H groups in total. The summed E-state index contributed by atoms with van der Waals surface area (Å²) in [4.78, 5) is 13.0. The first-order valence-electron chi connectivity index (χ1n) is 9.11. The molecule has 8 atom stereocenters. The van der Waals surface area contributed by atoms with Crippen LogP contribution in [0, 0.1) is 29.1 Å². The lowest BCUT2D eigenvalue weighted by Gasteiger charge is -2.35. The molecule has 0 aliphatic heterocycles. The Bertz CT molecular complexity index is 636. The van der Waals surface area contributed by atoms with Gasteiger partial charge in [-0.15, -0.1) is 0 Å². The number of fused-ring (bicyclic) bond motifs is 2. The Balaban J connectivity index is 2.08. The lowest BCUT2D eigenvalue weighted by molar-refractivity contribution is -0.144. The number of hydrogen-bond acceptors (Lipinski definition) is 5. The number of rotatable bonds is 0. The van der Waals surface area contributed by atoms with Crippen molar-refractivity contribution in [1.29, 1.82) is 0 Å². The fourth-order valence-electron chi connectivity index (χ4n) is 5.15. The van der Waals surface area contributed by atoms with Crippen LogP contribution in [0.25, 0.3) is 0 Å². The molecule has 140 valence electrons. The fraction of sp³-hybridized carbons (Fsp3) is 0.750. The largest absolute Gasteiger partial charge is 0.392 e. The number of allylic oxidation sites excluding steroid dienone is 1. The minimum Gasteiger partial charge on any atom is -0.392 e. The van der Waals surface area contributed by atoms with Gasteiger partial charge in [-0.3, -0.25) is 4.79 Å². The molecule has 0 heterocycles. The summed E-state index contributed by atoms with van der Waals surface area (Å²) in [6.07, 6.45) is -0.880. The van der Waals surface area contributed by atoms with Crippen LogP contribution in [0.4, 0.5) is 0 Å². The molecule has 2 saturated carbocycles. The molecule has 0 aromatic rings. The SMILES string of the molecule is C=C1[C@@H](O)[C@@H]2[C@H](O)[C@H](C)C[C@@]2(O)C(=O)/C(C)=C\[C@H]2[C@@H](C[C@@H]1O)C2(C)C. The lowest BCUT2D eigenvalue weighted by Crippen LogP contribution is -2.51. The van der Waals surface area contributed by atoms with Gasteiger partial charge in [-0.2, -0.15) is 0 Å². The van der Waals surface area contributed by atoms with E-state index < -0.39 is 35.6 Å². The average molecular weight is 350 g/mol. The maximum Gasteiger partial charge on any atom is 0.190 e. The minimum absolute atomic E-state index is 0.0442. The third-order valence-electron chi connectivity index (χ3n) is 7.08. The zero-order chi connectivity index (χ0) is 18.9. The summed E-state index contributed by atoms with van der Waals surface area (Å²) in [5.41, 5.74) is -1.26. The average Bonchev–Trinajstić information content (AvgIpc) is 2.92. The monoisotopic (exact) mass is 350 g/mol. The second kappa shape index (κ2) is 5.74. The van der Waals surface area contributed by atoms with Crippen molar-refractivity contribution < 1.29 is 25.2 Å². The molecule has 25 heavy (non-hydrogen) atoms. The highest BCUT2D eigenvalue weighted by atomic mass is 16.3. The summed E-state index contributed by atoms with van der Waals surface area (Å²) in [6.45, 7) is 11.4. The highest BCUT2D eigenvalue weighted by molar-refractivity contribution is 6.02. The first kappa shape index (κ1) is 18.8. The molecular weight excluding hydrogens is 320 g/mol. The standard InChI is InChI=1S/C20H30O5/c1-9-6-12-13(19(12,4)5)7-14(21)11(3)17(23)15-16(22)10(2)8-20(15,25)18(9)24/h6,10,12-17,21-23,25H,3,7-8H2,1-2,4-5H3/b9-6-/t10-,12+,13-,14+,15+,16-,17-,20+/m1/s1. The van der Waals surface area contributed by atoms with Gasteiger partial charge in [0.2, 0.25) is 0 Å². The summed E-state index contributed by atoms with van der Waals surface area (Å²) in [7, 11) is 0. The van der Waals surface area contributed by atoms with Crippen molar-refractivity contribution in [1.82, 2.24) is 0 Å². The van der Waals surface area contributed by atoms with Crippen LogP contribution in [0.2, 0.25) is 0 Å². The van der Waals surface area contributed by atoms with Crippen molar-refractivity contribution in [3.05, 3.63) is 23.8 Å². The summed E-state index contributed by atoms with van der Waals surface area (Å²) in [5.74, 6) is -1.53. The molecule has 0 unspecified atom stereocenters. The molecule has 0 radical (unpaired) electrons. The fourth-order valence-corrected chi connectivity index (χ4v) is 5.15. The molecule has 0 bridgehead atoms. The van der Waals surface area contributed by atoms with E-state index in [1.165, 1.54) is 0 Å². The van der Waals surface area contributed by atoms with Gasteiger partial charge in [0.05, 0.1) is 24.2 Å². The topological polar surface area (TPSA) is 98.0 Å². The van der Waals surface area contributed by atoms with Crippen molar-refractivity contribution in [2.45, 2.75) is 64.4 Å². The number of carbonyl (C=O) groups excluding carboxylic acids is 1. The van der Waals surface area contributed by atoms with Crippen molar-refractivity contribution >= 4 is 5.78 Å². The smallest absolute Gasteiger partial charge is 0.190 e. The van der Waals surface area contributed by atoms with Crippen molar-refractivity contribution in [3.63, 3.8) is 0 Å². The van der Waals surface area contributed by atoms with Crippen molar-refractivity contribution in [3.8, 4) is 0 Å². The summed E-state index contributed by atoms with van der Waals surface area (Å²) < 4.78 is 0. The van der Waals surface area contributed by atoms with Gasteiger partial charge < -0.3 is 20.4 Å². The molecule has 5 heteroatoms. The highest BCUT2D eigenvalue weighted by Gasteiger charge is 2.61. The predicted octanol–water partition coefficient (Wildman–Crippen LogP) is 1.20. The van der Waals surface area contributed by atoms with E-state index in [-0.39, 0.29) is 35.2 Å². The summed E-state index contributed by atoms with van der Waals surface area (Å²) >= 11 is 0. The van der Waals surface area contributed by atoms with Crippen LogP contribution in [0.5, 0.6) is 0 Å². The predicted molar refractivity (Wildman–Crippen MR) is 93.5 cm³/mol. The highest BCUT2D eigenvalue weighted by Crippen LogP contribution is 2.62. The Labute approximate surface area is 149 Å². The lowest BCUT2D eigenvalue weighted by atomic mass is 9.77. The third kappa shape index (κ3) is 2.64. The molecule has 5 nitrogen and oxygen atoms in total. The van der Waals surface area contributed by atoms with Gasteiger partial charge in [0.25, 0.3) is 0 Å². The number of aliphatic hydroxyl groups excluding tert-OH is 3. The van der Waals surface area contributed by atoms with Crippen molar-refractivity contribution in [2.24, 2.45) is 29.1 Å². The van der Waals surface area contributed by atoms with Gasteiger partial charge in [-0.1, -0.05) is 33.4 Å². The summed E-state index contributed by atoms with van der Waals surface area (Å²) in [5, 5.41) is 43.0. The van der Waals surface area contributed by atoms with Crippen LogP contribution in [-0.2, 0) is 4.79 Å². The van der Waals surface area contributed by atoms with E-state index in [4.69, 9.17) is 0 Å². The quantitative estimate of drug-likeness (QED) is 0.492. The second-order valence-corrected chi connectivity index (χ2v) is 9.03. The normalized spacial score (nSPS) is 51.8. The van der Waals surface area contributed by atoms with Gasteiger partial charge in [-0.05, 0) is 54.1 Å². The molecule has 2 fully saturated rings. The molecule has 0 amide bonds. The number of carbonyl (C=O) groups is 1. The zero-order valence-corrected chi connectivity index (χ0v) is 15.4. The van der Waals surface area contributed by atoms with Crippen molar-refractivity contribution in [2.75, 3.05) is 0 Å². The van der Waals surface area contributed by atoms with Crippen LogP contribution >= 0.6 is 0 Å². The van der Waals surface area contributed by atoms with Gasteiger partial charge >= 0.3 is 0 Å². The van der Waals surface area contributed by atoms with E-state index in [1.807, 2.05) is 6.08 Å². The molecular formula is C20H30O5. The van der Waals surface area contributed by atoms with Crippen LogP contribution < -0.4 is 0 Å². The molecule has 0 spiro atoms. The Morgan fingerprint density at radius 2 is 1.84 bits per heavy atom. The molecule has 3 aliphatic rings. The van der Waals surface area contributed by atoms with Crippen LogP contribution in [0.3, 0.4) is 0 Å². The van der Waals surface area contributed by atoms with Gasteiger partial charge in [0.1, 0.15) is 5.60 Å². The van der Waals surface area contributed by atoms with E-state index in [9.17, 15) is 25.2 Å². The van der Waals surface area contributed by atoms with E-state index in [1.54, 1.807) is 13.8 Å². The minimum atomic E-state index is -1.85. The Kier molecular flexibility index (Phi) is 4.31. The molecule has 0 aromatic carbocycles. The Morgan fingerprint density at radius 3 is 2.44 bits per heavy atom. The number of aliphatic hydroxyl groups is 4. The van der Waals surface area contributed by atoms with Crippen LogP contribution in [0.1, 0.15) is 40.5 Å². The molecule has 0 aromatic heterocycles. The summed E-state index contributed by atoms with van der Waals surface area (Å²) in [6, 6.07) is 0. The maximum atomic E-state index is 13.0. The number of ketones is 1. The molecule has 3 rings (SSSR count). The number of hydrogen-bond donors (Lipinski definition) is 4. The van der Waals surface area contributed by atoms with E-state index in [0.717, 1.165) is 0 Å². The molecule has 3 aliphatic carbocycles. The Morgan fingerprint density at radius 1 is 1.24 bits per heavy atom. The molecule has 0 saturated heterocycles. The van der Waals surface area contributed by atoms with Crippen LogP contribution in [0.15, 0.2) is 23.8 Å². The van der Waals surface area contributed by atoms with E-state index in [0.29, 0.717) is 12.0 Å². The van der Waals surface area contributed by atoms with E-state index >= 15 is 0 Å². The van der Waals surface area contributed by atoms with Crippen LogP contribution in [-0.4, -0.2) is 50.1 Å². The maximum absolute atomic E-state index is 13.0. The number of Topliss-reactive ketones (excluding diaryl/α,β-unsaturated/α-hetero) is 1. The van der Waals surface area contributed by atoms with Gasteiger partial charge in [0.15, 0.2) is 5.78 Å². The van der Waals surface area contributed by atoms with Gasteiger partial charge in [0, 0.05) is 0 Å². The van der Waals surface area contributed by atoms with Gasteiger partial charge in [-0.25, -0.2) is 0 Å². The Hall–Kier alpha value is -1.01. The zero-order valence-electron chi connectivity index (χ0n) is 15.4. The second-order valence-electron chi connectivity index (χ2n) is 9.03. The first-order chi connectivity index (χ1) is 11.4. The third-order valence-corrected chi connectivity index (χ3v) is 7.08.